The number of nitrogen functional groups attached to an aromatic ring is 1. The molecule has 0 saturated carbocycles. The van der Waals surface area contributed by atoms with Gasteiger partial charge in [-0.15, -0.1) is 0 Å². The van der Waals surface area contributed by atoms with Crippen LogP contribution in [0.1, 0.15) is 21.5 Å². The zero-order valence-corrected chi connectivity index (χ0v) is 18.0. The van der Waals surface area contributed by atoms with Crippen molar-refractivity contribution in [3.8, 4) is 0 Å². The molecule has 1 aromatic heterocycles. The number of benzene rings is 2. The van der Waals surface area contributed by atoms with Crippen molar-refractivity contribution in [2.45, 2.75) is 6.54 Å². The van der Waals surface area contributed by atoms with Gasteiger partial charge in [-0.05, 0) is 17.2 Å². The number of hydrogen-bond donors (Lipinski definition) is 1. The molecule has 0 saturated heterocycles. The number of nitrogens with two attached hydrogens (primary N) is 1. The molecule has 2 aromatic carbocycles. The first-order valence-electron chi connectivity index (χ1n) is 9.94. The van der Waals surface area contributed by atoms with Crippen molar-refractivity contribution in [1.29, 1.82) is 0 Å². The third kappa shape index (κ3) is 5.33. The molecule has 0 aliphatic heterocycles. The normalized spacial score (nSPS) is 10.9. The van der Waals surface area contributed by atoms with Gasteiger partial charge < -0.3 is 10.5 Å². The number of aromatic nitrogens is 2. The molecule has 0 unspecified atom stereocenters. The number of carbonyl (C=O) groups excluding carboxylic acids is 2. The first-order valence-corrected chi connectivity index (χ1v) is 9.94. The largest absolute Gasteiger partial charge is 0.454 e. The van der Waals surface area contributed by atoms with Crippen molar-refractivity contribution in [2.24, 2.45) is 7.05 Å². The highest BCUT2D eigenvalue weighted by Gasteiger charge is 2.22. The Kier molecular flexibility index (Phi) is 7.16. The highest BCUT2D eigenvalue weighted by molar-refractivity contribution is 6.02. The van der Waals surface area contributed by atoms with Crippen LogP contribution in [0.25, 0.3) is 6.08 Å². The van der Waals surface area contributed by atoms with E-state index < -0.39 is 40.1 Å². The Morgan fingerprint density at radius 2 is 1.82 bits per heavy atom. The molecular formula is C23H20N4O7. The predicted molar refractivity (Wildman–Crippen MR) is 123 cm³/mol. The lowest BCUT2D eigenvalue weighted by atomic mass is 10.2. The lowest BCUT2D eigenvalue weighted by molar-refractivity contribution is -0.384. The second-order valence-electron chi connectivity index (χ2n) is 7.20. The van der Waals surface area contributed by atoms with E-state index in [4.69, 9.17) is 10.5 Å². The molecule has 0 aliphatic carbocycles. The third-order valence-electron chi connectivity index (χ3n) is 4.88. The van der Waals surface area contributed by atoms with Gasteiger partial charge in [0, 0.05) is 25.3 Å². The Bertz CT molecular complexity index is 1410. The number of nitro benzene ring substituents is 1. The van der Waals surface area contributed by atoms with Crippen LogP contribution in [0, 0.1) is 10.1 Å². The van der Waals surface area contributed by atoms with Crippen LogP contribution in [0.4, 0.5) is 11.5 Å². The van der Waals surface area contributed by atoms with Crippen molar-refractivity contribution < 1.29 is 19.2 Å². The van der Waals surface area contributed by atoms with E-state index in [1.165, 1.54) is 31.3 Å². The van der Waals surface area contributed by atoms with Crippen LogP contribution in [0.15, 0.2) is 70.3 Å². The highest BCUT2D eigenvalue weighted by Crippen LogP contribution is 2.14. The molecule has 0 bridgehead atoms. The minimum atomic E-state index is -0.909. The smallest absolute Gasteiger partial charge is 0.332 e. The van der Waals surface area contributed by atoms with Gasteiger partial charge in [-0.2, -0.15) is 0 Å². The number of hydrogen-bond acceptors (Lipinski definition) is 8. The molecule has 11 heteroatoms. The summed E-state index contributed by atoms with van der Waals surface area (Å²) in [6, 6.07) is 14.4. The van der Waals surface area contributed by atoms with E-state index in [1.54, 1.807) is 36.4 Å². The molecule has 0 atom stereocenters. The molecule has 0 spiro atoms. The average molecular weight is 464 g/mol. The van der Waals surface area contributed by atoms with Crippen molar-refractivity contribution in [3.63, 3.8) is 0 Å². The van der Waals surface area contributed by atoms with E-state index in [9.17, 15) is 29.3 Å². The zero-order chi connectivity index (χ0) is 24.8. The van der Waals surface area contributed by atoms with E-state index in [1.807, 2.05) is 0 Å². The minimum Gasteiger partial charge on any atom is -0.454 e. The van der Waals surface area contributed by atoms with Crippen LogP contribution in [0.5, 0.6) is 0 Å². The summed E-state index contributed by atoms with van der Waals surface area (Å²) < 4.78 is 6.75. The highest BCUT2D eigenvalue weighted by atomic mass is 16.6. The maximum absolute atomic E-state index is 12.7. The number of nitro groups is 1. The number of anilines is 1. The van der Waals surface area contributed by atoms with Gasteiger partial charge in [-0.25, -0.2) is 9.59 Å². The van der Waals surface area contributed by atoms with Gasteiger partial charge in [0.05, 0.1) is 11.5 Å². The summed E-state index contributed by atoms with van der Waals surface area (Å²) in [5, 5.41) is 10.8. The summed E-state index contributed by atoms with van der Waals surface area (Å²) in [6.45, 7) is -0.757. The van der Waals surface area contributed by atoms with Crippen molar-refractivity contribution in [2.75, 3.05) is 12.3 Å². The van der Waals surface area contributed by atoms with Crippen molar-refractivity contribution in [1.82, 2.24) is 9.13 Å². The van der Waals surface area contributed by atoms with Gasteiger partial charge in [0.2, 0.25) is 5.78 Å². The fourth-order valence-corrected chi connectivity index (χ4v) is 3.13. The first-order chi connectivity index (χ1) is 16.2. The molecule has 34 heavy (non-hydrogen) atoms. The third-order valence-corrected chi connectivity index (χ3v) is 4.88. The van der Waals surface area contributed by atoms with Crippen molar-refractivity contribution >= 4 is 29.3 Å². The van der Waals surface area contributed by atoms with Gasteiger partial charge in [0.1, 0.15) is 11.4 Å². The number of ether oxygens (including phenoxy) is 1. The quantitative estimate of drug-likeness (QED) is 0.173. The van der Waals surface area contributed by atoms with E-state index in [0.717, 1.165) is 20.8 Å². The standard InChI is InChI=1S/C23H20N4O7/c1-25-22(30)20(21(24)26(23(25)31)13-16-6-3-2-4-7-16)18(28)14-34-19(29)11-10-15-8-5-9-17(12-15)27(32)33/h2-12H,13-14,24H2,1H3. The fourth-order valence-electron chi connectivity index (χ4n) is 3.13. The summed E-state index contributed by atoms with van der Waals surface area (Å²) in [4.78, 5) is 60.0. The number of carbonyl (C=O) groups is 2. The monoisotopic (exact) mass is 464 g/mol. The summed E-state index contributed by atoms with van der Waals surface area (Å²) in [7, 11) is 1.22. The number of rotatable bonds is 8. The molecule has 174 valence electrons. The van der Waals surface area contributed by atoms with Gasteiger partial charge in [-0.3, -0.25) is 28.8 Å². The lowest BCUT2D eigenvalue weighted by Crippen LogP contribution is -2.43. The zero-order valence-electron chi connectivity index (χ0n) is 18.0. The van der Waals surface area contributed by atoms with E-state index in [2.05, 4.69) is 0 Å². The number of non-ortho nitro benzene ring substituents is 1. The Labute approximate surface area is 192 Å². The molecule has 3 aromatic rings. The Morgan fingerprint density at radius 3 is 2.50 bits per heavy atom. The number of ketones is 1. The molecule has 1 heterocycles. The average Bonchev–Trinajstić information content (AvgIpc) is 2.83. The number of esters is 1. The van der Waals surface area contributed by atoms with Gasteiger partial charge >= 0.3 is 11.7 Å². The Morgan fingerprint density at radius 1 is 1.12 bits per heavy atom. The van der Waals surface area contributed by atoms with E-state index in [-0.39, 0.29) is 18.1 Å². The predicted octanol–water partition coefficient (Wildman–Crippen LogP) is 1.52. The van der Waals surface area contributed by atoms with Gasteiger partial charge in [-0.1, -0.05) is 42.5 Å². The lowest BCUT2D eigenvalue weighted by Gasteiger charge is -2.14. The molecule has 11 nitrogen and oxygen atoms in total. The first kappa shape index (κ1) is 23.9. The SMILES string of the molecule is Cn1c(=O)c(C(=O)COC(=O)C=Cc2cccc([N+](=O)[O-])c2)c(N)n(Cc2ccccc2)c1=O. The van der Waals surface area contributed by atoms with Crippen LogP contribution in [-0.4, -0.2) is 32.4 Å². The summed E-state index contributed by atoms with van der Waals surface area (Å²) >= 11 is 0. The molecule has 3 rings (SSSR count). The number of Topliss-reactive ketones (excluding diaryl/α,β-unsaturated/α-hetero) is 1. The Balaban J connectivity index is 1.77. The topological polar surface area (TPSA) is 157 Å². The molecular weight excluding hydrogens is 444 g/mol. The maximum Gasteiger partial charge on any atom is 0.332 e. The molecule has 0 amide bonds. The van der Waals surface area contributed by atoms with Crippen molar-refractivity contribution in [3.05, 3.63) is 108 Å². The fraction of sp³-hybridized carbons (Fsp3) is 0.130. The molecule has 0 aliphatic rings. The molecule has 2 N–H and O–H groups in total. The summed E-state index contributed by atoms with van der Waals surface area (Å²) in [6.07, 6.45) is 2.28. The van der Waals surface area contributed by atoms with Crippen LogP contribution in [0.3, 0.4) is 0 Å². The van der Waals surface area contributed by atoms with Gasteiger partial charge in [0.25, 0.3) is 11.2 Å². The second-order valence-corrected chi connectivity index (χ2v) is 7.20. The summed E-state index contributed by atoms with van der Waals surface area (Å²) in [5.41, 5.74) is 4.90. The second kappa shape index (κ2) is 10.2. The van der Waals surface area contributed by atoms with Crippen LogP contribution < -0.4 is 17.0 Å². The molecule has 0 radical (unpaired) electrons. The minimum absolute atomic E-state index is 0.0334. The summed E-state index contributed by atoms with van der Waals surface area (Å²) in [5.74, 6) is -2.12. The van der Waals surface area contributed by atoms with E-state index >= 15 is 0 Å². The van der Waals surface area contributed by atoms with Crippen LogP contribution in [-0.2, 0) is 23.1 Å². The van der Waals surface area contributed by atoms with Gasteiger partial charge in [0.15, 0.2) is 6.61 Å². The number of nitrogens with zero attached hydrogens (tertiary/aromatic N) is 3. The Hall–Kier alpha value is -4.80. The van der Waals surface area contributed by atoms with Crippen LogP contribution >= 0.6 is 0 Å². The molecule has 0 fully saturated rings. The van der Waals surface area contributed by atoms with E-state index in [0.29, 0.717) is 5.56 Å². The maximum atomic E-state index is 12.7. The van der Waals surface area contributed by atoms with Crippen LogP contribution in [0.2, 0.25) is 0 Å².